The lowest BCUT2D eigenvalue weighted by atomic mass is 9.86. The van der Waals surface area contributed by atoms with Crippen LogP contribution in [0.4, 0.5) is 0 Å². The minimum absolute atomic E-state index is 0.0570. The smallest absolute Gasteiger partial charge is 0.221 e. The predicted octanol–water partition coefficient (Wildman–Crippen LogP) is 6.36. The van der Waals surface area contributed by atoms with Gasteiger partial charge in [-0.3, -0.25) is 19.9 Å². The summed E-state index contributed by atoms with van der Waals surface area (Å²) in [4.78, 5) is 32.7. The first-order valence-electron chi connectivity index (χ1n) is 16.5. The molecule has 4 heterocycles. The van der Waals surface area contributed by atoms with Gasteiger partial charge < -0.3 is 20.7 Å². The molecule has 248 valence electrons. The minimum Gasteiger partial charge on any atom is -0.481 e. The molecule has 2 aromatic heterocycles. The fourth-order valence-electron chi connectivity index (χ4n) is 7.01. The van der Waals surface area contributed by atoms with Gasteiger partial charge in [-0.15, -0.1) is 0 Å². The van der Waals surface area contributed by atoms with Gasteiger partial charge in [0.25, 0.3) is 0 Å². The van der Waals surface area contributed by atoms with Crippen molar-refractivity contribution in [2.45, 2.75) is 69.7 Å². The van der Waals surface area contributed by atoms with Crippen molar-refractivity contribution in [1.29, 1.82) is 0 Å². The lowest BCUT2D eigenvalue weighted by Crippen LogP contribution is -2.38. The molecule has 4 N–H and O–H groups in total. The van der Waals surface area contributed by atoms with Crippen LogP contribution in [0.2, 0.25) is 10.0 Å². The molecule has 2 aromatic carbocycles. The van der Waals surface area contributed by atoms with Crippen molar-refractivity contribution >= 4 is 35.0 Å². The molecular weight excluding hydrogens is 647 g/mol. The molecule has 4 aromatic rings. The van der Waals surface area contributed by atoms with Gasteiger partial charge in [0, 0.05) is 72.0 Å². The van der Waals surface area contributed by atoms with E-state index in [1.807, 2.05) is 36.4 Å². The maximum absolute atomic E-state index is 11.6. The van der Waals surface area contributed by atoms with Crippen LogP contribution in [-0.4, -0.2) is 47.6 Å². The van der Waals surface area contributed by atoms with E-state index >= 15 is 0 Å². The Morgan fingerprint density at radius 3 is 2.48 bits per heavy atom. The van der Waals surface area contributed by atoms with Crippen molar-refractivity contribution in [2.75, 3.05) is 13.7 Å². The van der Waals surface area contributed by atoms with Crippen LogP contribution >= 0.6 is 23.2 Å². The molecular formula is C37H38Cl2N6O3. The quantitative estimate of drug-likeness (QED) is 0.154. The summed E-state index contributed by atoms with van der Waals surface area (Å²) in [5.41, 5.74) is 8.15. The van der Waals surface area contributed by atoms with Gasteiger partial charge in [0.2, 0.25) is 17.7 Å². The van der Waals surface area contributed by atoms with Crippen molar-refractivity contribution < 1.29 is 14.3 Å². The van der Waals surface area contributed by atoms with Gasteiger partial charge in [-0.1, -0.05) is 59.6 Å². The average molecular weight is 686 g/mol. The number of halogens is 2. The van der Waals surface area contributed by atoms with E-state index < -0.39 is 0 Å². The van der Waals surface area contributed by atoms with E-state index in [0.717, 1.165) is 66.5 Å². The zero-order valence-corrected chi connectivity index (χ0v) is 28.3. The van der Waals surface area contributed by atoms with Crippen LogP contribution in [0.1, 0.15) is 61.3 Å². The van der Waals surface area contributed by atoms with Crippen LogP contribution in [0, 0.1) is 0 Å². The lowest BCUT2D eigenvalue weighted by molar-refractivity contribution is -0.120. The average Bonchev–Trinajstić information content (AvgIpc) is 3.73. The van der Waals surface area contributed by atoms with Crippen LogP contribution in [-0.2, 0) is 22.6 Å². The van der Waals surface area contributed by atoms with E-state index in [9.17, 15) is 9.59 Å². The van der Waals surface area contributed by atoms with Gasteiger partial charge in [-0.25, -0.2) is 4.98 Å². The first-order valence-corrected chi connectivity index (χ1v) is 17.3. The molecule has 2 amide bonds. The lowest BCUT2D eigenvalue weighted by Gasteiger charge is -2.28. The summed E-state index contributed by atoms with van der Waals surface area (Å²) in [5.74, 6) is 0.689. The van der Waals surface area contributed by atoms with Crippen LogP contribution < -0.4 is 26.0 Å². The first kappa shape index (κ1) is 32.5. The Hall–Kier alpha value is -4.02. The summed E-state index contributed by atoms with van der Waals surface area (Å²) in [6.45, 7) is 1.28. The highest BCUT2D eigenvalue weighted by atomic mass is 35.5. The Bertz CT molecular complexity index is 1870. The minimum atomic E-state index is -0.0590. The van der Waals surface area contributed by atoms with Gasteiger partial charge in [-0.05, 0) is 61.4 Å². The van der Waals surface area contributed by atoms with Crippen molar-refractivity contribution in [3.05, 3.63) is 87.5 Å². The molecule has 3 atom stereocenters. The summed E-state index contributed by atoms with van der Waals surface area (Å²) in [5, 5.41) is 14.1. The van der Waals surface area contributed by atoms with Crippen LogP contribution in [0.3, 0.4) is 0 Å². The maximum Gasteiger partial charge on any atom is 0.221 e. The number of rotatable bonds is 10. The van der Waals surface area contributed by atoms with Crippen LogP contribution in [0.15, 0.2) is 60.8 Å². The fraction of sp³-hybridized carbons (Fsp3) is 0.351. The molecule has 9 nitrogen and oxygen atoms in total. The van der Waals surface area contributed by atoms with E-state index in [0.29, 0.717) is 46.7 Å². The molecule has 3 aliphatic rings. The second-order valence-corrected chi connectivity index (χ2v) is 13.4. The molecule has 0 bridgehead atoms. The number of fused-ring (bicyclic) bond motifs is 1. The Morgan fingerprint density at radius 2 is 1.69 bits per heavy atom. The van der Waals surface area contributed by atoms with Crippen molar-refractivity contribution in [1.82, 2.24) is 31.2 Å². The highest BCUT2D eigenvalue weighted by molar-refractivity contribution is 6.39. The van der Waals surface area contributed by atoms with E-state index in [-0.39, 0.29) is 30.1 Å². The summed E-state index contributed by atoms with van der Waals surface area (Å²) in [6.07, 6.45) is 7.64. The maximum atomic E-state index is 11.6. The molecule has 0 radical (unpaired) electrons. The van der Waals surface area contributed by atoms with Gasteiger partial charge in [0.1, 0.15) is 0 Å². The zero-order chi connectivity index (χ0) is 33.2. The van der Waals surface area contributed by atoms with E-state index in [1.54, 1.807) is 13.3 Å². The molecule has 11 heteroatoms. The largest absolute Gasteiger partial charge is 0.481 e. The SMILES string of the molecule is COc1nc(-c2cccc(-c3ccnc(-c4ccc5c(c4)CCC[C@H]5NC[C@@H]4CCC(=O)N4)c3Cl)c2Cl)ccc1CN[C@@H]1CCC(=O)N1. The Labute approximate surface area is 290 Å². The van der Waals surface area contributed by atoms with E-state index in [2.05, 4.69) is 39.5 Å². The topological polar surface area (TPSA) is 117 Å². The zero-order valence-electron chi connectivity index (χ0n) is 26.7. The number of carbonyl (C=O) groups is 2. The highest BCUT2D eigenvalue weighted by Gasteiger charge is 2.26. The number of benzene rings is 2. The number of hydrogen-bond donors (Lipinski definition) is 4. The highest BCUT2D eigenvalue weighted by Crippen LogP contribution is 2.42. The number of pyridine rings is 2. The summed E-state index contributed by atoms with van der Waals surface area (Å²) in [6, 6.07) is 18.6. The molecule has 0 saturated carbocycles. The van der Waals surface area contributed by atoms with E-state index in [4.69, 9.17) is 37.9 Å². The van der Waals surface area contributed by atoms with Crippen molar-refractivity contribution in [2.24, 2.45) is 0 Å². The molecule has 48 heavy (non-hydrogen) atoms. The fourth-order valence-corrected chi connectivity index (χ4v) is 7.66. The summed E-state index contributed by atoms with van der Waals surface area (Å²) in [7, 11) is 1.60. The Kier molecular flexibility index (Phi) is 9.64. The second-order valence-electron chi connectivity index (χ2n) is 12.7. The number of amides is 2. The van der Waals surface area contributed by atoms with Gasteiger partial charge >= 0.3 is 0 Å². The molecule has 1 aliphatic carbocycles. The molecule has 2 saturated heterocycles. The number of aromatic nitrogens is 2. The second kappa shape index (κ2) is 14.2. The normalized spacial score (nSPS) is 20.4. The number of aryl methyl sites for hydroxylation is 1. The van der Waals surface area contributed by atoms with Gasteiger partial charge in [-0.2, -0.15) is 0 Å². The summed E-state index contributed by atoms with van der Waals surface area (Å²) >= 11 is 14.2. The van der Waals surface area contributed by atoms with Crippen molar-refractivity contribution in [3.8, 4) is 39.5 Å². The third-order valence-corrected chi connectivity index (χ3v) is 10.3. The third kappa shape index (κ3) is 6.78. The monoisotopic (exact) mass is 684 g/mol. The number of nitrogens with zero attached hydrogens (tertiary/aromatic N) is 2. The number of ether oxygens (including phenoxy) is 1. The number of methoxy groups -OCH3 is 1. The molecule has 0 unspecified atom stereocenters. The molecule has 2 aliphatic heterocycles. The van der Waals surface area contributed by atoms with Gasteiger partial charge in [0.05, 0.1) is 34.7 Å². The van der Waals surface area contributed by atoms with E-state index in [1.165, 1.54) is 11.1 Å². The standard InChI is InChI=1S/C37H38Cl2N6O3/c1-48-37-23(19-42-31-13-15-33(47)45-31)9-12-30(44-37)28-6-3-5-26(34(28)38)27-16-17-40-36(35(27)39)22-8-11-25-21(18-22)4-2-7-29(25)41-20-24-10-14-32(46)43-24/h3,5-6,8-9,11-12,16-18,24,29,31,41-42H,2,4,7,10,13-15,19-20H2,1H3,(H,43,46)(H,45,47)/t24-,29+,31-/m0/s1. The predicted molar refractivity (Wildman–Crippen MR) is 188 cm³/mol. The van der Waals surface area contributed by atoms with Crippen LogP contribution in [0.5, 0.6) is 5.88 Å². The first-order chi connectivity index (χ1) is 23.4. The number of carbonyl (C=O) groups excluding carboxylic acids is 2. The third-order valence-electron chi connectivity index (χ3n) is 9.55. The van der Waals surface area contributed by atoms with Crippen molar-refractivity contribution in [3.63, 3.8) is 0 Å². The Morgan fingerprint density at radius 1 is 0.875 bits per heavy atom. The number of nitrogens with one attached hydrogen (secondary N) is 4. The molecule has 2 fully saturated rings. The van der Waals surface area contributed by atoms with Gasteiger partial charge in [0.15, 0.2) is 0 Å². The number of hydrogen-bond acceptors (Lipinski definition) is 7. The Balaban J connectivity index is 1.12. The molecule has 0 spiro atoms. The summed E-state index contributed by atoms with van der Waals surface area (Å²) < 4.78 is 5.64. The van der Waals surface area contributed by atoms with Crippen LogP contribution in [0.25, 0.3) is 33.6 Å². The molecule has 7 rings (SSSR count).